The first kappa shape index (κ1) is 14.8. The lowest BCUT2D eigenvalue weighted by molar-refractivity contribution is 0.0445. The second-order valence-electron chi connectivity index (χ2n) is 5.64. The van der Waals surface area contributed by atoms with Gasteiger partial charge < -0.3 is 14.3 Å². The van der Waals surface area contributed by atoms with Gasteiger partial charge in [-0.25, -0.2) is 0 Å². The van der Waals surface area contributed by atoms with Crippen molar-refractivity contribution >= 4 is 0 Å². The molecule has 0 unspecified atom stereocenters. The molecule has 0 saturated carbocycles. The van der Waals surface area contributed by atoms with Gasteiger partial charge in [-0.05, 0) is 12.0 Å². The van der Waals surface area contributed by atoms with E-state index in [1.807, 2.05) is 30.3 Å². The molecule has 1 aromatic carbocycles. The van der Waals surface area contributed by atoms with Gasteiger partial charge in [0.1, 0.15) is 17.6 Å². The molecule has 0 radical (unpaired) electrons. The van der Waals surface area contributed by atoms with Crippen LogP contribution in [0.15, 0.2) is 51.9 Å². The third-order valence-corrected chi connectivity index (χ3v) is 4.09. The quantitative estimate of drug-likeness (QED) is 0.932. The minimum Gasteiger partial charge on any atom is -0.490 e. The van der Waals surface area contributed by atoms with E-state index in [-0.39, 0.29) is 11.2 Å². The van der Waals surface area contributed by atoms with E-state index in [0.29, 0.717) is 25.3 Å². The largest absolute Gasteiger partial charge is 0.490 e. The molecule has 2 aromatic rings. The zero-order valence-corrected chi connectivity index (χ0v) is 12.5. The Morgan fingerprint density at radius 3 is 2.82 bits per heavy atom. The summed E-state index contributed by atoms with van der Waals surface area (Å²) in [4.78, 5) is 13.8. The molecule has 1 aliphatic rings. The SMILES string of the molecule is COc1coc(CN2CC[C@@](O)(c3ccccc3)C2)cc1=O. The van der Waals surface area contributed by atoms with E-state index in [1.54, 1.807) is 0 Å². The molecule has 22 heavy (non-hydrogen) atoms. The standard InChI is InChI=1S/C17H19NO4/c1-21-16-11-22-14(9-15(16)19)10-18-8-7-17(20,12-18)13-5-3-2-4-6-13/h2-6,9,11,20H,7-8,10,12H2,1H3/t17-/m0/s1. The summed E-state index contributed by atoms with van der Waals surface area (Å²) in [5, 5.41) is 10.8. The molecule has 3 rings (SSSR count). The zero-order valence-electron chi connectivity index (χ0n) is 12.5. The number of likely N-dealkylation sites (tertiary alicyclic amines) is 1. The smallest absolute Gasteiger partial charge is 0.227 e. The minimum absolute atomic E-state index is 0.193. The third-order valence-electron chi connectivity index (χ3n) is 4.09. The molecule has 0 bridgehead atoms. The highest BCUT2D eigenvalue weighted by atomic mass is 16.5. The maximum absolute atomic E-state index is 11.7. The Labute approximate surface area is 128 Å². The maximum atomic E-state index is 11.7. The fourth-order valence-electron chi connectivity index (χ4n) is 2.88. The van der Waals surface area contributed by atoms with Gasteiger partial charge in [0.05, 0.1) is 13.7 Å². The zero-order chi connectivity index (χ0) is 15.6. The summed E-state index contributed by atoms with van der Waals surface area (Å²) in [6.07, 6.45) is 1.99. The maximum Gasteiger partial charge on any atom is 0.227 e. The molecule has 1 aliphatic heterocycles. The second-order valence-corrected chi connectivity index (χ2v) is 5.64. The van der Waals surface area contributed by atoms with Crippen molar-refractivity contribution in [3.05, 3.63) is 64.2 Å². The molecule has 5 heteroatoms. The van der Waals surface area contributed by atoms with Crippen molar-refractivity contribution in [2.45, 2.75) is 18.6 Å². The Morgan fingerprint density at radius 2 is 2.14 bits per heavy atom. The summed E-state index contributed by atoms with van der Waals surface area (Å²) in [6.45, 7) is 1.77. The van der Waals surface area contributed by atoms with Gasteiger partial charge in [0, 0.05) is 19.2 Å². The van der Waals surface area contributed by atoms with Crippen LogP contribution < -0.4 is 10.2 Å². The van der Waals surface area contributed by atoms with Crippen molar-refractivity contribution in [1.29, 1.82) is 0 Å². The monoisotopic (exact) mass is 301 g/mol. The van der Waals surface area contributed by atoms with Gasteiger partial charge in [-0.2, -0.15) is 0 Å². The molecular formula is C17H19NO4. The average Bonchev–Trinajstić information content (AvgIpc) is 2.91. The first-order chi connectivity index (χ1) is 10.6. The van der Waals surface area contributed by atoms with Crippen LogP contribution in [-0.4, -0.2) is 30.2 Å². The van der Waals surface area contributed by atoms with E-state index >= 15 is 0 Å². The number of hydrogen-bond acceptors (Lipinski definition) is 5. The Balaban J connectivity index is 1.71. The summed E-state index contributed by atoms with van der Waals surface area (Å²) >= 11 is 0. The van der Waals surface area contributed by atoms with Crippen LogP contribution in [0, 0.1) is 0 Å². The van der Waals surface area contributed by atoms with Crippen LogP contribution in [0.5, 0.6) is 5.75 Å². The average molecular weight is 301 g/mol. The fraction of sp³-hybridized carbons (Fsp3) is 0.353. The summed E-state index contributed by atoms with van der Waals surface area (Å²) in [7, 11) is 1.44. The van der Waals surface area contributed by atoms with Crippen molar-refractivity contribution in [3.63, 3.8) is 0 Å². The number of ether oxygens (including phenoxy) is 1. The fourth-order valence-corrected chi connectivity index (χ4v) is 2.88. The summed E-state index contributed by atoms with van der Waals surface area (Å²) < 4.78 is 10.3. The van der Waals surface area contributed by atoms with Crippen molar-refractivity contribution in [1.82, 2.24) is 4.90 Å². The first-order valence-electron chi connectivity index (χ1n) is 7.27. The molecule has 0 aliphatic carbocycles. The molecule has 0 spiro atoms. The highest BCUT2D eigenvalue weighted by Crippen LogP contribution is 2.32. The van der Waals surface area contributed by atoms with Crippen LogP contribution in [0.4, 0.5) is 0 Å². The predicted molar refractivity (Wildman–Crippen MR) is 81.8 cm³/mol. The number of rotatable bonds is 4. The van der Waals surface area contributed by atoms with Gasteiger partial charge in [-0.1, -0.05) is 30.3 Å². The number of benzene rings is 1. The molecule has 5 nitrogen and oxygen atoms in total. The Bertz CT molecular complexity index is 697. The van der Waals surface area contributed by atoms with Crippen LogP contribution in [0.1, 0.15) is 17.7 Å². The molecule has 2 heterocycles. The minimum atomic E-state index is -0.839. The van der Waals surface area contributed by atoms with Crippen LogP contribution in [-0.2, 0) is 12.1 Å². The van der Waals surface area contributed by atoms with Crippen molar-refractivity contribution in [3.8, 4) is 5.75 Å². The van der Waals surface area contributed by atoms with Crippen LogP contribution in [0.25, 0.3) is 0 Å². The molecule has 1 saturated heterocycles. The molecule has 1 fully saturated rings. The third kappa shape index (κ3) is 2.91. The van der Waals surface area contributed by atoms with Gasteiger partial charge in [0.2, 0.25) is 11.2 Å². The van der Waals surface area contributed by atoms with Crippen molar-refractivity contribution < 1.29 is 14.3 Å². The highest BCUT2D eigenvalue weighted by Gasteiger charge is 2.37. The predicted octanol–water partition coefficient (Wildman–Crippen LogP) is 1.74. The van der Waals surface area contributed by atoms with E-state index in [0.717, 1.165) is 12.1 Å². The molecule has 1 aromatic heterocycles. The van der Waals surface area contributed by atoms with Gasteiger partial charge in [-0.15, -0.1) is 0 Å². The van der Waals surface area contributed by atoms with E-state index in [2.05, 4.69) is 4.90 Å². The van der Waals surface area contributed by atoms with E-state index in [4.69, 9.17) is 9.15 Å². The molecule has 1 N–H and O–H groups in total. The lowest BCUT2D eigenvalue weighted by Crippen LogP contribution is -2.30. The summed E-state index contributed by atoms with van der Waals surface area (Å²) in [5.74, 6) is 0.772. The molecule has 1 atom stereocenters. The van der Waals surface area contributed by atoms with E-state index < -0.39 is 5.60 Å². The van der Waals surface area contributed by atoms with Crippen LogP contribution in [0.2, 0.25) is 0 Å². The Kier molecular flexibility index (Phi) is 4.00. The van der Waals surface area contributed by atoms with Crippen LogP contribution in [0.3, 0.4) is 0 Å². The number of hydrogen-bond donors (Lipinski definition) is 1. The van der Waals surface area contributed by atoms with Crippen molar-refractivity contribution in [2.75, 3.05) is 20.2 Å². The molecular weight excluding hydrogens is 282 g/mol. The van der Waals surface area contributed by atoms with E-state index in [1.165, 1.54) is 19.4 Å². The van der Waals surface area contributed by atoms with Gasteiger partial charge in [0.25, 0.3) is 0 Å². The Hall–Kier alpha value is -2.11. The van der Waals surface area contributed by atoms with Crippen molar-refractivity contribution in [2.24, 2.45) is 0 Å². The molecule has 0 amide bonds. The lowest BCUT2D eigenvalue weighted by atomic mass is 9.93. The van der Waals surface area contributed by atoms with Crippen LogP contribution >= 0.6 is 0 Å². The number of aliphatic hydroxyl groups is 1. The topological polar surface area (TPSA) is 62.9 Å². The normalized spacial score (nSPS) is 21.9. The van der Waals surface area contributed by atoms with Gasteiger partial charge >= 0.3 is 0 Å². The lowest BCUT2D eigenvalue weighted by Gasteiger charge is -2.23. The Morgan fingerprint density at radius 1 is 1.36 bits per heavy atom. The van der Waals surface area contributed by atoms with Gasteiger partial charge in [-0.3, -0.25) is 9.69 Å². The summed E-state index contributed by atoms with van der Waals surface area (Å²) in [5.41, 5.74) is -0.108. The summed E-state index contributed by atoms with van der Waals surface area (Å²) in [6, 6.07) is 11.1. The second kappa shape index (κ2) is 5.94. The number of nitrogens with zero attached hydrogens (tertiary/aromatic N) is 1. The first-order valence-corrected chi connectivity index (χ1v) is 7.27. The number of β-amino-alcohol motifs (C(OH)–C–C–N with tert-alkyl or cyclic N) is 1. The van der Waals surface area contributed by atoms with E-state index in [9.17, 15) is 9.90 Å². The molecule has 116 valence electrons. The highest BCUT2D eigenvalue weighted by molar-refractivity contribution is 5.24. The number of methoxy groups -OCH3 is 1. The van der Waals surface area contributed by atoms with Gasteiger partial charge in [0.15, 0.2) is 0 Å².